The number of carbonyl (C=O) groups is 3. The Hall–Kier alpha value is -10.6. The highest BCUT2D eigenvalue weighted by atomic mass is 35.5. The molecule has 37 heteroatoms. The first-order valence-corrected chi connectivity index (χ1v) is 51.0. The molecule has 7 N–H and O–H groups in total. The van der Waals surface area contributed by atoms with Crippen molar-refractivity contribution in [2.75, 3.05) is 65.2 Å². The fraction of sp³-hybridized carbons (Fsp3) is 0.553. The Morgan fingerprint density at radius 3 is 1.33 bits per heavy atom. The van der Waals surface area contributed by atoms with Crippen LogP contribution in [0.2, 0.25) is 5.15 Å². The van der Waals surface area contributed by atoms with E-state index in [1.807, 2.05) is 24.5 Å². The average molecular weight is 1860 g/mol. The van der Waals surface area contributed by atoms with Gasteiger partial charge in [0.1, 0.15) is 34.2 Å². The minimum absolute atomic E-state index is 0. The Kier molecular flexibility index (Phi) is 21.8. The number of anilines is 5. The minimum atomic E-state index is -4.26. The molecule has 6 spiro atoms. The zero-order valence-electron chi connectivity index (χ0n) is 74.1. The number of nitrogens with one attached hydrogen (secondary N) is 7. The number of hydrogen-bond acceptors (Lipinski definition) is 27. The summed E-state index contributed by atoms with van der Waals surface area (Å²) in [6, 6.07) is 29.9. The van der Waals surface area contributed by atoms with Gasteiger partial charge in [-0.15, -0.1) is 15.3 Å². The van der Waals surface area contributed by atoms with Crippen LogP contribution in [0.3, 0.4) is 0 Å². The number of amides is 3. The molecule has 3 saturated heterocycles. The van der Waals surface area contributed by atoms with Crippen LogP contribution in [0, 0.1) is 50.2 Å². The van der Waals surface area contributed by atoms with E-state index in [4.69, 9.17) is 35.8 Å². The molecule has 33 nitrogen and oxygen atoms in total. The maximum atomic E-state index is 13.7. The van der Waals surface area contributed by atoms with Crippen molar-refractivity contribution in [2.24, 2.45) is 50.2 Å². The maximum Gasteiger partial charge on any atom is 0.281 e. The number of hydrogen-bond donors (Lipinski definition) is 7. The molecule has 9 saturated carbocycles. The van der Waals surface area contributed by atoms with Crippen molar-refractivity contribution in [3.05, 3.63) is 150 Å². The zero-order valence-corrected chi connectivity index (χ0v) is 77.3. The van der Waals surface area contributed by atoms with Crippen LogP contribution in [0.1, 0.15) is 234 Å². The number of rotatable bonds is 20. The highest BCUT2D eigenvalue weighted by Gasteiger charge is 2.88. The summed E-state index contributed by atoms with van der Waals surface area (Å²) in [5.74, 6) is 4.88. The summed E-state index contributed by atoms with van der Waals surface area (Å²) >= 11 is 6.33. The molecule has 3 unspecified atom stereocenters. The SMILES string of the molecule is C.CC1(C)CCC(CCCNc2cccc(S(=O)(=O)NC(=O)c3ccc(-n4ccc(OCC5C6(CC6)C56CC6)n4)nc3Cl)n2)N1.CC1(C)CCC2CCCNc3cccc(n3)S(=O)(=O)NC(=O)c3ccc(-n4ccc(OCC5C6(CC6)C56CC6)n4)nc3N21.CC1(C)CCC2CCCNc3cccc(n3)S(=O)(=O)NC(=O)c3ccc(-n4ccc(OCC5C6(CC6)C56CC6)n4)nc3N21. The van der Waals surface area contributed by atoms with Crippen molar-refractivity contribution in [3.8, 4) is 35.1 Å². The van der Waals surface area contributed by atoms with Crippen molar-refractivity contribution < 1.29 is 53.8 Å². The van der Waals surface area contributed by atoms with Crippen LogP contribution in [-0.2, 0) is 30.1 Å². The van der Waals surface area contributed by atoms with Crippen LogP contribution < -0.4 is 59.4 Å². The third-order valence-corrected chi connectivity index (χ3v) is 35.5. The Bertz CT molecular complexity index is 6050. The van der Waals surface area contributed by atoms with Crippen LogP contribution in [-0.4, -0.2) is 176 Å². The molecule has 694 valence electrons. The van der Waals surface area contributed by atoms with Gasteiger partial charge in [-0.3, -0.25) is 14.4 Å². The van der Waals surface area contributed by atoms with Gasteiger partial charge < -0.3 is 45.3 Å². The number of halogens is 1. The van der Waals surface area contributed by atoms with Crippen LogP contribution in [0.4, 0.5) is 29.1 Å². The molecule has 14 aliphatic rings. The number of carbonyl (C=O) groups excluding carboxylic acids is 3. The minimum Gasteiger partial charge on any atom is -0.476 e. The third kappa shape index (κ3) is 16.5. The quantitative estimate of drug-likeness (QED) is 0.0275. The van der Waals surface area contributed by atoms with Gasteiger partial charge in [0.15, 0.2) is 32.5 Å². The standard InChI is InChI=1S/C31H38ClN7O4S.2C31H37N7O4S.CH4/c1-29(2)12-10-20(36-29)5-4-17-33-23-6-3-7-26(34-23)44(41,42)38-28(40)21-8-9-24(35-27(21)32)39-18-11-25(37-39)43-19-22-30(13-14-30)31(22)15-16-31;2*1-29(2)12-10-20-5-4-17-32-23-6-3-7-26(33-23)43(40,41)36-28(39)21-8-9-24(34-27(21)38(20)29)37-18-11-25(35-37)42-19-22-30(13-14-30)31(22)15-16-31;/h3,6-9,11,18,20,22,36H,4-5,10,12-17,19H2,1-2H3,(H,33,34)(H,38,40);2*3,6-9,11,18,20,22H,4-5,10,12-17,19H2,1-2H3,(H,32,33)(H,36,39);1H4. The second kappa shape index (κ2) is 32.4. The molecule has 12 fully saturated rings. The Morgan fingerprint density at radius 2 is 0.916 bits per heavy atom. The van der Waals surface area contributed by atoms with E-state index in [-0.39, 0.29) is 73.0 Å². The number of pyridine rings is 6. The molecule has 3 amide bonds. The third-order valence-electron chi connectivity index (χ3n) is 31.5. The van der Waals surface area contributed by atoms with Gasteiger partial charge in [-0.1, -0.05) is 37.2 Å². The van der Waals surface area contributed by atoms with E-state index in [1.165, 1.54) is 106 Å². The fourth-order valence-electron chi connectivity index (χ4n) is 23.8. The zero-order chi connectivity index (χ0) is 90.0. The van der Waals surface area contributed by atoms with Crippen LogP contribution in [0.25, 0.3) is 17.5 Å². The normalized spacial score (nSPS) is 24.3. The Morgan fingerprint density at radius 1 is 0.496 bits per heavy atom. The molecule has 23 rings (SSSR count). The molecule has 0 aromatic carbocycles. The second-order valence-electron chi connectivity index (χ2n) is 40.5. The molecule has 3 atom stereocenters. The number of fused-ring (bicyclic) bond motifs is 13. The van der Waals surface area contributed by atoms with Gasteiger partial charge in [0.25, 0.3) is 47.8 Å². The highest BCUT2D eigenvalue weighted by Crippen LogP contribution is 2.94. The van der Waals surface area contributed by atoms with E-state index in [0.717, 1.165) is 77.0 Å². The summed E-state index contributed by atoms with van der Waals surface area (Å²) in [5.41, 5.74) is 3.32. The van der Waals surface area contributed by atoms with Crippen LogP contribution in [0.15, 0.2) is 143 Å². The van der Waals surface area contributed by atoms with E-state index in [9.17, 15) is 39.6 Å². The monoisotopic (exact) mass is 1860 g/mol. The summed E-state index contributed by atoms with van der Waals surface area (Å²) in [5, 5.41) is 26.2. The Labute approximate surface area is 769 Å². The first kappa shape index (κ1) is 88.4. The Balaban J connectivity index is 0.000000122. The number of sulfonamides is 3. The number of nitrogens with zero attached hydrogens (tertiary/aromatic N) is 14. The summed E-state index contributed by atoms with van der Waals surface area (Å²) in [7, 11) is -12.7. The largest absolute Gasteiger partial charge is 0.476 e. The lowest BCUT2D eigenvalue weighted by molar-refractivity contribution is 0.0972. The first-order chi connectivity index (χ1) is 62.2. The summed E-state index contributed by atoms with van der Waals surface area (Å²) < 4.78 is 109. The van der Waals surface area contributed by atoms with Crippen molar-refractivity contribution in [1.82, 2.24) is 78.7 Å². The lowest BCUT2D eigenvalue weighted by atomic mass is 10.0. The van der Waals surface area contributed by atoms with Gasteiger partial charge in [-0.05, 0) is 301 Å². The molecule has 131 heavy (non-hydrogen) atoms. The van der Waals surface area contributed by atoms with E-state index < -0.39 is 47.8 Å². The lowest BCUT2D eigenvalue weighted by Gasteiger charge is -2.38. The van der Waals surface area contributed by atoms with E-state index in [1.54, 1.807) is 88.4 Å². The smallest absolute Gasteiger partial charge is 0.281 e. The average Bonchev–Trinajstić information content (AvgIpc) is 1.45. The van der Waals surface area contributed by atoms with Gasteiger partial charge in [-0.2, -0.15) is 25.3 Å². The summed E-state index contributed by atoms with van der Waals surface area (Å²) in [4.78, 5) is 71.6. The fourth-order valence-corrected chi connectivity index (χ4v) is 26.8. The molecular weight excluding hydrogens is 1750 g/mol. The van der Waals surface area contributed by atoms with Crippen LogP contribution in [0.5, 0.6) is 17.6 Å². The highest BCUT2D eigenvalue weighted by molar-refractivity contribution is 7.90. The lowest BCUT2D eigenvalue weighted by Crippen LogP contribution is -2.45. The topological polar surface area (TPSA) is 403 Å². The van der Waals surface area contributed by atoms with Crippen LogP contribution >= 0.6 is 11.6 Å². The van der Waals surface area contributed by atoms with Crippen molar-refractivity contribution in [2.45, 2.75) is 253 Å². The molecule has 4 bridgehead atoms. The predicted octanol–water partition coefficient (Wildman–Crippen LogP) is 14.0. The van der Waals surface area contributed by atoms with Crippen molar-refractivity contribution >= 4 is 88.5 Å². The molecule has 14 heterocycles. The molecule has 9 aromatic rings. The molecular formula is C94H116ClN21O12S3. The molecule has 5 aliphatic heterocycles. The van der Waals surface area contributed by atoms with Gasteiger partial charge in [-0.25, -0.2) is 58.1 Å². The predicted molar refractivity (Wildman–Crippen MR) is 492 cm³/mol. The number of aromatic nitrogens is 12. The van der Waals surface area contributed by atoms with Crippen molar-refractivity contribution in [3.63, 3.8) is 0 Å². The van der Waals surface area contributed by atoms with E-state index >= 15 is 0 Å². The molecule has 0 radical (unpaired) electrons. The van der Waals surface area contributed by atoms with E-state index in [0.29, 0.717) is 160 Å². The van der Waals surface area contributed by atoms with Gasteiger partial charge in [0, 0.05) is 109 Å². The number of ether oxygens (including phenoxy) is 3. The summed E-state index contributed by atoms with van der Waals surface area (Å²) in [6.45, 7) is 17.1. The maximum absolute atomic E-state index is 13.7. The first-order valence-electron chi connectivity index (χ1n) is 46.2. The van der Waals surface area contributed by atoms with E-state index in [2.05, 4.69) is 122 Å². The van der Waals surface area contributed by atoms with Gasteiger partial charge in [0.2, 0.25) is 17.6 Å². The van der Waals surface area contributed by atoms with Gasteiger partial charge in [0.05, 0.1) is 36.5 Å². The van der Waals surface area contributed by atoms with Crippen molar-refractivity contribution in [1.29, 1.82) is 0 Å². The summed E-state index contributed by atoms with van der Waals surface area (Å²) in [6.07, 6.45) is 32.9. The molecule has 9 aliphatic carbocycles. The van der Waals surface area contributed by atoms with Gasteiger partial charge >= 0.3 is 0 Å². The second-order valence-corrected chi connectivity index (χ2v) is 45.8. The molecule has 9 aromatic heterocycles.